The second-order valence-corrected chi connectivity index (χ2v) is 12.5. The van der Waals surface area contributed by atoms with Crippen molar-refractivity contribution in [3.8, 4) is 0 Å². The number of amides is 4. The Bertz CT molecular complexity index is 1510. The van der Waals surface area contributed by atoms with E-state index in [0.717, 1.165) is 21.9 Å². The predicted molar refractivity (Wildman–Crippen MR) is 169 cm³/mol. The molecule has 0 fully saturated rings. The molecule has 0 aliphatic rings. The number of alkyl carbamates (subject to hydrolysis) is 1. The zero-order valence-electron chi connectivity index (χ0n) is 26.4. The molecule has 0 aliphatic heterocycles. The molecule has 0 heterocycles. The number of primary amides is 1. The van der Waals surface area contributed by atoms with Gasteiger partial charge in [0.25, 0.3) is 5.91 Å². The van der Waals surface area contributed by atoms with Crippen LogP contribution in [0.15, 0.2) is 60.7 Å². The third-order valence-corrected chi connectivity index (χ3v) is 7.52. The van der Waals surface area contributed by atoms with Crippen LogP contribution in [0.3, 0.4) is 0 Å². The Balaban J connectivity index is 2.14. The number of anilines is 1. The Morgan fingerprint density at radius 3 is 2.12 bits per heavy atom. The van der Waals surface area contributed by atoms with Crippen molar-refractivity contribution in [3.05, 3.63) is 77.4 Å². The van der Waals surface area contributed by atoms with Gasteiger partial charge in [-0.15, -0.1) is 0 Å². The third-order valence-electron chi connectivity index (χ3n) is 7.52. The number of nitrogens with two attached hydrogens (primary N) is 1. The molecule has 4 amide bonds. The SMILES string of the molecule is CCC(C)(C)N(C(=O)C(CC(N)=O)NC(=O)OC(C)(C)C)C(C(=O)Nc1ccc2ccccc2c1)c1ccc(C)c(C)c1. The minimum absolute atomic E-state index is 0.441. The molecular formula is C34H44N4O5. The fraction of sp³-hybridized carbons (Fsp3) is 0.412. The van der Waals surface area contributed by atoms with Crippen LogP contribution in [0.1, 0.15) is 77.1 Å². The van der Waals surface area contributed by atoms with E-state index in [1.165, 1.54) is 4.90 Å². The van der Waals surface area contributed by atoms with Gasteiger partial charge >= 0.3 is 6.09 Å². The van der Waals surface area contributed by atoms with Crippen LogP contribution in [-0.4, -0.2) is 45.9 Å². The van der Waals surface area contributed by atoms with E-state index in [4.69, 9.17) is 10.5 Å². The first-order valence-corrected chi connectivity index (χ1v) is 14.5. The molecule has 9 heteroatoms. The number of aryl methyl sites for hydroxylation is 2. The van der Waals surface area contributed by atoms with Gasteiger partial charge in [0.15, 0.2) is 0 Å². The zero-order valence-corrected chi connectivity index (χ0v) is 26.4. The first-order chi connectivity index (χ1) is 20.0. The summed E-state index contributed by atoms with van der Waals surface area (Å²) >= 11 is 0. The Morgan fingerprint density at radius 2 is 1.53 bits per heavy atom. The maximum atomic E-state index is 14.5. The van der Waals surface area contributed by atoms with Gasteiger partial charge in [0.05, 0.1) is 6.42 Å². The lowest BCUT2D eigenvalue weighted by atomic mass is 9.90. The largest absolute Gasteiger partial charge is 0.444 e. The molecule has 3 aromatic carbocycles. The topological polar surface area (TPSA) is 131 Å². The van der Waals surface area contributed by atoms with Crippen LogP contribution in [0.25, 0.3) is 10.8 Å². The molecular weight excluding hydrogens is 544 g/mol. The first-order valence-electron chi connectivity index (χ1n) is 14.5. The third kappa shape index (κ3) is 8.56. The molecule has 3 rings (SSSR count). The summed E-state index contributed by atoms with van der Waals surface area (Å²) in [7, 11) is 0. The fourth-order valence-electron chi connectivity index (χ4n) is 4.79. The summed E-state index contributed by atoms with van der Waals surface area (Å²) in [4.78, 5) is 55.1. The summed E-state index contributed by atoms with van der Waals surface area (Å²) in [5, 5.41) is 7.52. The van der Waals surface area contributed by atoms with E-state index in [-0.39, 0.29) is 0 Å². The van der Waals surface area contributed by atoms with Gasteiger partial charge in [0, 0.05) is 11.2 Å². The fourth-order valence-corrected chi connectivity index (χ4v) is 4.79. The van der Waals surface area contributed by atoms with Crippen molar-refractivity contribution >= 4 is 40.3 Å². The van der Waals surface area contributed by atoms with Gasteiger partial charge in [-0.3, -0.25) is 14.4 Å². The first kappa shape index (κ1) is 33.1. The predicted octanol–water partition coefficient (Wildman–Crippen LogP) is 5.92. The van der Waals surface area contributed by atoms with Gasteiger partial charge in [-0.2, -0.15) is 0 Å². The van der Waals surface area contributed by atoms with Crippen molar-refractivity contribution < 1.29 is 23.9 Å². The van der Waals surface area contributed by atoms with Crippen molar-refractivity contribution in [2.24, 2.45) is 5.73 Å². The van der Waals surface area contributed by atoms with Gasteiger partial charge in [-0.05, 0) is 94.5 Å². The summed E-state index contributed by atoms with van der Waals surface area (Å²) in [5.74, 6) is -1.86. The standard InChI is InChI=1S/C34H44N4O5/c1-9-34(7,8)38(31(41)27(20-28(35)39)37-32(42)43-33(4,5)6)29(25-15-14-21(2)22(3)18-25)30(40)36-26-17-16-23-12-10-11-13-24(23)19-26/h10-19,27,29H,9,20H2,1-8H3,(H2,35,39)(H,36,40)(H,37,42). The number of rotatable bonds is 10. The highest BCUT2D eigenvalue weighted by atomic mass is 16.6. The highest BCUT2D eigenvalue weighted by molar-refractivity contribution is 6.01. The van der Waals surface area contributed by atoms with E-state index in [2.05, 4.69) is 10.6 Å². The summed E-state index contributed by atoms with van der Waals surface area (Å²) in [5.41, 5.74) is 6.94. The highest BCUT2D eigenvalue weighted by Gasteiger charge is 2.43. The number of carbonyl (C=O) groups is 4. The molecule has 0 saturated heterocycles. The van der Waals surface area contributed by atoms with Crippen LogP contribution in [0.2, 0.25) is 0 Å². The molecule has 4 N–H and O–H groups in total. The summed E-state index contributed by atoms with van der Waals surface area (Å²) in [6, 6.07) is 16.6. The van der Waals surface area contributed by atoms with Crippen molar-refractivity contribution in [1.29, 1.82) is 0 Å². The number of carbonyl (C=O) groups excluding carboxylic acids is 4. The average Bonchev–Trinajstić information content (AvgIpc) is 2.91. The van der Waals surface area contributed by atoms with Gasteiger partial charge in [0.2, 0.25) is 11.8 Å². The Morgan fingerprint density at radius 1 is 0.884 bits per heavy atom. The van der Waals surface area contributed by atoms with Crippen LogP contribution in [0, 0.1) is 13.8 Å². The minimum Gasteiger partial charge on any atom is -0.444 e. The van der Waals surface area contributed by atoms with Gasteiger partial charge < -0.3 is 26.0 Å². The molecule has 0 aromatic heterocycles. The number of hydrogen-bond donors (Lipinski definition) is 3. The quantitative estimate of drug-likeness (QED) is 0.271. The molecule has 0 spiro atoms. The van der Waals surface area contributed by atoms with Crippen LogP contribution in [0.5, 0.6) is 0 Å². The lowest BCUT2D eigenvalue weighted by Gasteiger charge is -2.44. The number of nitrogens with one attached hydrogen (secondary N) is 2. The van der Waals surface area contributed by atoms with E-state index in [1.807, 2.05) is 95.3 Å². The van der Waals surface area contributed by atoms with Gasteiger partial charge in [0.1, 0.15) is 17.7 Å². The number of ether oxygens (including phenoxy) is 1. The molecule has 0 bridgehead atoms. The number of benzene rings is 3. The Hall–Kier alpha value is -4.40. The molecule has 3 aromatic rings. The maximum absolute atomic E-state index is 14.5. The van der Waals surface area contributed by atoms with Crippen molar-refractivity contribution in [1.82, 2.24) is 10.2 Å². The van der Waals surface area contributed by atoms with E-state index >= 15 is 0 Å². The van der Waals surface area contributed by atoms with E-state index in [0.29, 0.717) is 17.7 Å². The van der Waals surface area contributed by atoms with E-state index in [9.17, 15) is 19.2 Å². The summed E-state index contributed by atoms with van der Waals surface area (Å²) in [6.07, 6.45) is -0.871. The van der Waals surface area contributed by atoms with Crippen molar-refractivity contribution in [3.63, 3.8) is 0 Å². The molecule has 230 valence electrons. The number of nitrogens with zero attached hydrogens (tertiary/aromatic N) is 1. The average molecular weight is 589 g/mol. The van der Waals surface area contributed by atoms with Crippen LogP contribution < -0.4 is 16.4 Å². The Labute approximate surface area is 254 Å². The number of fused-ring (bicyclic) bond motifs is 1. The second-order valence-electron chi connectivity index (χ2n) is 12.5. The number of hydrogen-bond acceptors (Lipinski definition) is 5. The second kappa shape index (κ2) is 13.3. The smallest absolute Gasteiger partial charge is 0.408 e. The molecule has 0 radical (unpaired) electrons. The lowest BCUT2D eigenvalue weighted by molar-refractivity contribution is -0.148. The normalized spacial score (nSPS) is 13.1. The molecule has 9 nitrogen and oxygen atoms in total. The molecule has 0 aliphatic carbocycles. The van der Waals surface area contributed by atoms with Gasteiger partial charge in [-0.25, -0.2) is 4.79 Å². The highest BCUT2D eigenvalue weighted by Crippen LogP contribution is 2.34. The monoisotopic (exact) mass is 588 g/mol. The van der Waals surface area contributed by atoms with Crippen molar-refractivity contribution in [2.45, 2.75) is 91.5 Å². The van der Waals surface area contributed by atoms with E-state index < -0.39 is 53.5 Å². The maximum Gasteiger partial charge on any atom is 0.408 e. The summed E-state index contributed by atoms with van der Waals surface area (Å²) in [6.45, 7) is 14.6. The molecule has 2 unspecified atom stereocenters. The van der Waals surface area contributed by atoms with E-state index in [1.54, 1.807) is 20.8 Å². The zero-order chi connectivity index (χ0) is 32.1. The van der Waals surface area contributed by atoms with Crippen molar-refractivity contribution in [2.75, 3.05) is 5.32 Å². The minimum atomic E-state index is -1.36. The van der Waals surface area contributed by atoms with Crippen LogP contribution >= 0.6 is 0 Å². The summed E-state index contributed by atoms with van der Waals surface area (Å²) < 4.78 is 5.38. The van der Waals surface area contributed by atoms with Crippen LogP contribution in [0.4, 0.5) is 10.5 Å². The molecule has 0 saturated carbocycles. The molecule has 43 heavy (non-hydrogen) atoms. The Kier molecular flexibility index (Phi) is 10.2. The molecule has 2 atom stereocenters. The lowest BCUT2D eigenvalue weighted by Crippen LogP contribution is -2.59. The van der Waals surface area contributed by atoms with Gasteiger partial charge in [-0.1, -0.05) is 55.5 Å². The van der Waals surface area contributed by atoms with Crippen LogP contribution in [-0.2, 0) is 19.1 Å².